The summed E-state index contributed by atoms with van der Waals surface area (Å²) >= 11 is 0. The number of hydrogen-bond donors (Lipinski definition) is 3. The molecule has 0 bridgehead atoms. The van der Waals surface area contributed by atoms with Gasteiger partial charge in [0.1, 0.15) is 6.10 Å². The van der Waals surface area contributed by atoms with Crippen molar-refractivity contribution in [1.29, 1.82) is 0 Å². The van der Waals surface area contributed by atoms with Crippen molar-refractivity contribution in [3.8, 4) is 0 Å². The summed E-state index contributed by atoms with van der Waals surface area (Å²) in [4.78, 5) is 21.3. The fourth-order valence-corrected chi connectivity index (χ4v) is 3.62. The molecule has 7 nitrogen and oxygen atoms in total. The summed E-state index contributed by atoms with van der Waals surface area (Å²) in [6, 6.07) is 0. The molecule has 1 unspecified atom stereocenters. The molecule has 0 spiro atoms. The average molecular weight is 441 g/mol. The normalized spacial score (nSPS) is 13.1. The second kappa shape index (κ2) is 21.2. The van der Waals surface area contributed by atoms with E-state index in [1.165, 1.54) is 89.9 Å². The van der Waals surface area contributed by atoms with E-state index in [2.05, 4.69) is 16.3 Å². The molecule has 0 saturated heterocycles. The second-order valence-corrected chi connectivity index (χ2v) is 9.13. The van der Waals surface area contributed by atoms with Crippen molar-refractivity contribution < 1.29 is 33.8 Å². The van der Waals surface area contributed by atoms with E-state index in [-0.39, 0.29) is 6.61 Å². The summed E-state index contributed by atoms with van der Waals surface area (Å²) in [6.45, 7) is 2.42. The van der Waals surface area contributed by atoms with E-state index in [0.717, 1.165) is 12.8 Å². The Bertz CT molecular complexity index is 376. The van der Waals surface area contributed by atoms with Gasteiger partial charge in [-0.2, -0.15) is 0 Å². The summed E-state index contributed by atoms with van der Waals surface area (Å²) in [5.74, 6) is 0. The SMILES string of the molecule is CCCCCCCCCCCCCCCCCCOCC(COP(=O)(O)O)OO. The van der Waals surface area contributed by atoms with Crippen LogP contribution in [0.25, 0.3) is 0 Å². The highest BCUT2D eigenvalue weighted by atomic mass is 31.2. The van der Waals surface area contributed by atoms with Gasteiger partial charge in [0, 0.05) is 6.61 Å². The number of unbranched alkanes of at least 4 members (excludes halogenated alkanes) is 15. The highest BCUT2D eigenvalue weighted by Crippen LogP contribution is 2.35. The third-order valence-electron chi connectivity index (χ3n) is 5.02. The molecular formula is C21H45O7P. The largest absolute Gasteiger partial charge is 0.469 e. The van der Waals surface area contributed by atoms with Crippen molar-refractivity contribution >= 4 is 7.82 Å². The van der Waals surface area contributed by atoms with E-state index in [4.69, 9.17) is 19.8 Å². The molecule has 0 aromatic rings. The molecule has 3 N–H and O–H groups in total. The van der Waals surface area contributed by atoms with Crippen LogP contribution in [0.2, 0.25) is 0 Å². The molecule has 0 fully saturated rings. The van der Waals surface area contributed by atoms with Crippen molar-refractivity contribution in [1.82, 2.24) is 0 Å². The van der Waals surface area contributed by atoms with Gasteiger partial charge in [-0.3, -0.25) is 9.78 Å². The van der Waals surface area contributed by atoms with Crippen molar-refractivity contribution in [2.45, 2.75) is 116 Å². The summed E-state index contributed by atoms with van der Waals surface area (Å²) in [5.41, 5.74) is 0. The monoisotopic (exact) mass is 440 g/mol. The van der Waals surface area contributed by atoms with E-state index in [1.54, 1.807) is 0 Å². The maximum absolute atomic E-state index is 10.6. The predicted octanol–water partition coefficient (Wildman–Crippen LogP) is 6.23. The lowest BCUT2D eigenvalue weighted by Crippen LogP contribution is -2.24. The summed E-state index contributed by atoms with van der Waals surface area (Å²) < 4.78 is 20.2. The second-order valence-electron chi connectivity index (χ2n) is 7.89. The fraction of sp³-hybridized carbons (Fsp3) is 1.00. The van der Waals surface area contributed by atoms with Gasteiger partial charge in [0.25, 0.3) is 0 Å². The Morgan fingerprint density at radius 3 is 1.48 bits per heavy atom. The maximum Gasteiger partial charge on any atom is 0.469 e. The molecule has 0 rings (SSSR count). The first kappa shape index (κ1) is 29.0. The van der Waals surface area contributed by atoms with Gasteiger partial charge >= 0.3 is 7.82 Å². The van der Waals surface area contributed by atoms with Crippen molar-refractivity contribution in [2.24, 2.45) is 0 Å². The van der Waals surface area contributed by atoms with E-state index in [1.807, 2.05) is 0 Å². The van der Waals surface area contributed by atoms with Crippen LogP contribution in [0, 0.1) is 0 Å². The van der Waals surface area contributed by atoms with E-state index in [0.29, 0.717) is 6.61 Å². The molecule has 176 valence electrons. The molecule has 0 aliphatic carbocycles. The van der Waals surface area contributed by atoms with Gasteiger partial charge in [-0.05, 0) is 6.42 Å². The Morgan fingerprint density at radius 2 is 1.10 bits per heavy atom. The maximum atomic E-state index is 10.6. The molecular weight excluding hydrogens is 395 g/mol. The zero-order valence-corrected chi connectivity index (χ0v) is 19.3. The molecule has 8 heteroatoms. The minimum atomic E-state index is -4.56. The van der Waals surface area contributed by atoms with Gasteiger partial charge in [-0.15, -0.1) is 0 Å². The third-order valence-corrected chi connectivity index (χ3v) is 5.51. The van der Waals surface area contributed by atoms with Crippen molar-refractivity contribution in [3.63, 3.8) is 0 Å². The average Bonchev–Trinajstić information content (AvgIpc) is 2.68. The molecule has 29 heavy (non-hydrogen) atoms. The van der Waals surface area contributed by atoms with Crippen molar-refractivity contribution in [3.05, 3.63) is 0 Å². The highest BCUT2D eigenvalue weighted by Gasteiger charge is 2.19. The lowest BCUT2D eigenvalue weighted by Gasteiger charge is -2.14. The topological polar surface area (TPSA) is 105 Å². The van der Waals surface area contributed by atoms with E-state index in [9.17, 15) is 4.57 Å². The minimum Gasteiger partial charge on any atom is -0.379 e. The first-order chi connectivity index (χ1) is 14.0. The molecule has 0 heterocycles. The zero-order chi connectivity index (χ0) is 21.6. The molecule has 0 aromatic heterocycles. The van der Waals surface area contributed by atoms with Crippen LogP contribution in [0.15, 0.2) is 0 Å². The number of rotatable bonds is 23. The lowest BCUT2D eigenvalue weighted by atomic mass is 10.0. The Balaban J connectivity index is 3.22. The fourth-order valence-electron chi connectivity index (χ4n) is 3.26. The van der Waals surface area contributed by atoms with Gasteiger partial charge in [0.05, 0.1) is 13.2 Å². The first-order valence-electron chi connectivity index (χ1n) is 11.6. The lowest BCUT2D eigenvalue weighted by molar-refractivity contribution is -0.292. The van der Waals surface area contributed by atoms with Crippen molar-refractivity contribution in [2.75, 3.05) is 19.8 Å². The Hall–Kier alpha value is -0.0100. The van der Waals surface area contributed by atoms with Crippen LogP contribution in [0.3, 0.4) is 0 Å². The van der Waals surface area contributed by atoms with Crippen LogP contribution in [0.1, 0.15) is 110 Å². The Labute approximate surface area is 177 Å². The summed E-state index contributed by atoms with van der Waals surface area (Å²) in [5, 5.41) is 8.65. The standard InChI is InChI=1S/C21H45O7P/c1-2-3-4-5-6-7-8-9-10-11-12-13-14-15-16-17-18-26-19-21(28-22)20-27-29(23,24)25/h21-22H,2-20H2,1H3,(H2,23,24,25). The Morgan fingerprint density at radius 1 is 0.690 bits per heavy atom. The van der Waals surface area contributed by atoms with Gasteiger partial charge < -0.3 is 14.5 Å². The van der Waals surface area contributed by atoms with Crippen LogP contribution < -0.4 is 0 Å². The number of phosphoric acid groups is 1. The zero-order valence-electron chi connectivity index (χ0n) is 18.4. The molecule has 0 aliphatic heterocycles. The minimum absolute atomic E-state index is 0.0369. The molecule has 0 radical (unpaired) electrons. The molecule has 0 saturated carbocycles. The quantitative estimate of drug-likeness (QED) is 0.0748. The summed E-state index contributed by atoms with van der Waals surface area (Å²) in [7, 11) is -4.56. The van der Waals surface area contributed by atoms with Crippen LogP contribution in [0.5, 0.6) is 0 Å². The number of hydrogen-bond acceptors (Lipinski definition) is 5. The molecule has 0 amide bonds. The van der Waals surface area contributed by atoms with Crippen LogP contribution in [0.4, 0.5) is 0 Å². The Kier molecular flexibility index (Phi) is 21.2. The third kappa shape index (κ3) is 24.1. The number of phosphoric ester groups is 1. The van der Waals surface area contributed by atoms with Gasteiger partial charge in [-0.1, -0.05) is 103 Å². The smallest absolute Gasteiger partial charge is 0.379 e. The van der Waals surface area contributed by atoms with E-state index < -0.39 is 20.5 Å². The van der Waals surface area contributed by atoms with Crippen LogP contribution in [-0.2, 0) is 18.7 Å². The van der Waals surface area contributed by atoms with Crippen LogP contribution >= 0.6 is 7.82 Å². The summed E-state index contributed by atoms with van der Waals surface area (Å²) in [6.07, 6.45) is 20.1. The van der Waals surface area contributed by atoms with Gasteiger partial charge in [0.2, 0.25) is 0 Å². The highest BCUT2D eigenvalue weighted by molar-refractivity contribution is 7.46. The number of ether oxygens (including phenoxy) is 1. The van der Waals surface area contributed by atoms with Crippen LogP contribution in [-0.4, -0.2) is 41.0 Å². The first-order valence-corrected chi connectivity index (χ1v) is 13.1. The predicted molar refractivity (Wildman–Crippen MR) is 116 cm³/mol. The van der Waals surface area contributed by atoms with Gasteiger partial charge in [0.15, 0.2) is 0 Å². The molecule has 0 aliphatic rings. The molecule has 0 aromatic carbocycles. The van der Waals surface area contributed by atoms with E-state index >= 15 is 0 Å². The molecule has 1 atom stereocenters. The van der Waals surface area contributed by atoms with Gasteiger partial charge in [-0.25, -0.2) is 9.45 Å².